The van der Waals surface area contributed by atoms with E-state index in [-0.39, 0.29) is 17.9 Å². The molecule has 9 heteroatoms. The van der Waals surface area contributed by atoms with E-state index in [4.69, 9.17) is 23.2 Å². The fourth-order valence-corrected chi connectivity index (χ4v) is 2.45. The van der Waals surface area contributed by atoms with Crippen LogP contribution in [0.25, 0.3) is 0 Å². The van der Waals surface area contributed by atoms with Crippen molar-refractivity contribution in [1.29, 1.82) is 0 Å². The zero-order valence-electron chi connectivity index (χ0n) is 12.5. The molecule has 0 aliphatic carbocycles. The fraction of sp³-hybridized carbons (Fsp3) is 0.200. The highest BCUT2D eigenvalue weighted by Crippen LogP contribution is 2.31. The third-order valence-electron chi connectivity index (χ3n) is 3.42. The predicted octanol–water partition coefficient (Wildman–Crippen LogP) is 3.08. The second kappa shape index (κ2) is 6.33. The molecule has 0 fully saturated rings. The van der Waals surface area contributed by atoms with Gasteiger partial charge in [0.25, 0.3) is 5.91 Å². The molecule has 1 aliphatic heterocycles. The number of carbonyl (C=O) groups is 1. The molecule has 1 aromatic heterocycles. The van der Waals surface area contributed by atoms with E-state index in [0.29, 0.717) is 15.7 Å². The van der Waals surface area contributed by atoms with Crippen molar-refractivity contribution in [2.45, 2.75) is 12.6 Å². The number of nitrogens with zero attached hydrogens (tertiary/aromatic N) is 4. The number of hydrogen-bond acceptors (Lipinski definition) is 5. The SMILES string of the molecule is C[C@@]1(F)CN(c2ccc(Cl)c(Cl)c2)N=C1NC(=O)c1cncnc1. The van der Waals surface area contributed by atoms with Crippen molar-refractivity contribution >= 4 is 40.6 Å². The van der Waals surface area contributed by atoms with Crippen LogP contribution in [-0.4, -0.2) is 33.9 Å². The number of alkyl halides is 1. The molecule has 1 aromatic carbocycles. The third kappa shape index (κ3) is 3.32. The highest BCUT2D eigenvalue weighted by atomic mass is 35.5. The molecular weight excluding hydrogens is 356 g/mol. The molecule has 1 N–H and O–H groups in total. The number of amidine groups is 1. The number of hydrazone groups is 1. The number of hydrogen-bond donors (Lipinski definition) is 1. The smallest absolute Gasteiger partial charge is 0.259 e. The number of carbonyl (C=O) groups excluding carboxylic acids is 1. The summed E-state index contributed by atoms with van der Waals surface area (Å²) in [6.45, 7) is 1.27. The summed E-state index contributed by atoms with van der Waals surface area (Å²) in [5, 5.41) is 8.76. The van der Waals surface area contributed by atoms with Crippen LogP contribution in [0.5, 0.6) is 0 Å². The number of rotatable bonds is 2. The van der Waals surface area contributed by atoms with Crippen LogP contribution in [0.4, 0.5) is 10.1 Å². The summed E-state index contributed by atoms with van der Waals surface area (Å²) >= 11 is 11.9. The third-order valence-corrected chi connectivity index (χ3v) is 4.16. The fourth-order valence-electron chi connectivity index (χ4n) is 2.16. The van der Waals surface area contributed by atoms with Gasteiger partial charge in [-0.25, -0.2) is 14.4 Å². The van der Waals surface area contributed by atoms with Crippen molar-refractivity contribution in [2.24, 2.45) is 5.10 Å². The molecule has 0 radical (unpaired) electrons. The molecule has 2 heterocycles. The zero-order chi connectivity index (χ0) is 17.3. The summed E-state index contributed by atoms with van der Waals surface area (Å²) in [5.74, 6) is -0.628. The Labute approximate surface area is 147 Å². The van der Waals surface area contributed by atoms with Gasteiger partial charge in [-0.1, -0.05) is 23.2 Å². The first-order chi connectivity index (χ1) is 11.4. The first-order valence-corrected chi connectivity index (χ1v) is 7.69. The molecule has 0 saturated carbocycles. The number of benzene rings is 1. The van der Waals surface area contributed by atoms with E-state index in [1.807, 2.05) is 0 Å². The highest BCUT2D eigenvalue weighted by molar-refractivity contribution is 6.42. The summed E-state index contributed by atoms with van der Waals surface area (Å²) in [5.41, 5.74) is -1.05. The molecule has 6 nitrogen and oxygen atoms in total. The molecule has 0 spiro atoms. The van der Waals surface area contributed by atoms with Crippen molar-refractivity contribution in [2.75, 3.05) is 11.6 Å². The van der Waals surface area contributed by atoms with Gasteiger partial charge in [-0.15, -0.1) is 0 Å². The van der Waals surface area contributed by atoms with Crippen LogP contribution in [-0.2, 0) is 0 Å². The van der Waals surface area contributed by atoms with Gasteiger partial charge in [0.1, 0.15) is 6.33 Å². The van der Waals surface area contributed by atoms with Gasteiger partial charge in [-0.2, -0.15) is 5.10 Å². The minimum absolute atomic E-state index is 0.0636. The summed E-state index contributed by atoms with van der Waals surface area (Å²) in [7, 11) is 0. The van der Waals surface area contributed by atoms with Crippen LogP contribution in [0.1, 0.15) is 17.3 Å². The van der Waals surface area contributed by atoms with E-state index in [1.54, 1.807) is 18.2 Å². The lowest BCUT2D eigenvalue weighted by atomic mass is 10.1. The maximum Gasteiger partial charge on any atom is 0.259 e. The maximum atomic E-state index is 14.8. The molecule has 1 atom stereocenters. The second-order valence-electron chi connectivity index (χ2n) is 5.38. The lowest BCUT2D eigenvalue weighted by Crippen LogP contribution is -2.43. The van der Waals surface area contributed by atoms with Gasteiger partial charge < -0.3 is 5.32 Å². The molecule has 0 saturated heterocycles. The van der Waals surface area contributed by atoms with Gasteiger partial charge in [0.2, 0.25) is 0 Å². The van der Waals surface area contributed by atoms with Crippen LogP contribution in [0.3, 0.4) is 0 Å². The van der Waals surface area contributed by atoms with Crippen LogP contribution < -0.4 is 10.3 Å². The molecule has 0 unspecified atom stereocenters. The van der Waals surface area contributed by atoms with Gasteiger partial charge in [-0.05, 0) is 25.1 Å². The quantitative estimate of drug-likeness (QED) is 0.885. The van der Waals surface area contributed by atoms with Gasteiger partial charge in [0.15, 0.2) is 11.5 Å². The zero-order valence-corrected chi connectivity index (χ0v) is 14.0. The number of anilines is 1. The molecule has 1 aliphatic rings. The summed E-state index contributed by atoms with van der Waals surface area (Å²) in [6.07, 6.45) is 3.98. The van der Waals surface area contributed by atoms with Crippen molar-refractivity contribution in [3.8, 4) is 0 Å². The van der Waals surface area contributed by atoms with Crippen molar-refractivity contribution in [1.82, 2.24) is 15.3 Å². The van der Waals surface area contributed by atoms with E-state index >= 15 is 0 Å². The minimum Gasteiger partial charge on any atom is -0.306 e. The van der Waals surface area contributed by atoms with Gasteiger partial charge in [0.05, 0.1) is 27.8 Å². The standard InChI is InChI=1S/C15H12Cl2FN5O/c1-15(18)7-23(10-2-3-11(16)12(17)4-10)22-14(15)21-13(24)9-5-19-8-20-6-9/h2-6,8H,7H2,1H3,(H,21,22,24)/t15-/m1/s1. The Hall–Kier alpha value is -2.25. The Morgan fingerprint density at radius 2 is 2.00 bits per heavy atom. The molecule has 24 heavy (non-hydrogen) atoms. The van der Waals surface area contributed by atoms with E-state index in [9.17, 15) is 9.18 Å². The van der Waals surface area contributed by atoms with Crippen molar-refractivity contribution in [3.63, 3.8) is 0 Å². The van der Waals surface area contributed by atoms with E-state index in [0.717, 1.165) is 0 Å². The van der Waals surface area contributed by atoms with Gasteiger partial charge in [-0.3, -0.25) is 9.80 Å². The Morgan fingerprint density at radius 3 is 2.67 bits per heavy atom. The van der Waals surface area contributed by atoms with E-state index in [1.165, 1.54) is 30.7 Å². The number of halogens is 3. The second-order valence-corrected chi connectivity index (χ2v) is 6.20. The molecule has 124 valence electrons. The van der Waals surface area contributed by atoms with Crippen LogP contribution in [0, 0.1) is 0 Å². The van der Waals surface area contributed by atoms with E-state index < -0.39 is 11.6 Å². The predicted molar refractivity (Wildman–Crippen MR) is 90.3 cm³/mol. The molecule has 3 rings (SSSR count). The van der Waals surface area contributed by atoms with Crippen molar-refractivity contribution in [3.05, 3.63) is 52.5 Å². The molecule has 1 amide bonds. The highest BCUT2D eigenvalue weighted by Gasteiger charge is 2.40. The Kier molecular flexibility index (Phi) is 4.38. The first kappa shape index (κ1) is 16.6. The first-order valence-electron chi connectivity index (χ1n) is 6.94. The van der Waals surface area contributed by atoms with E-state index in [2.05, 4.69) is 20.4 Å². The molecule has 2 aromatic rings. The molecular formula is C15H12Cl2FN5O. The normalized spacial score (nSPS) is 20.0. The largest absolute Gasteiger partial charge is 0.306 e. The summed E-state index contributed by atoms with van der Waals surface area (Å²) < 4.78 is 14.8. The summed E-state index contributed by atoms with van der Waals surface area (Å²) in [6, 6.07) is 4.85. The lowest BCUT2D eigenvalue weighted by Gasteiger charge is -2.18. The monoisotopic (exact) mass is 367 g/mol. The maximum absolute atomic E-state index is 14.8. The Balaban J connectivity index is 1.84. The van der Waals surface area contributed by atoms with Gasteiger partial charge in [0, 0.05) is 12.4 Å². The molecule has 0 bridgehead atoms. The van der Waals surface area contributed by atoms with Crippen LogP contribution in [0.2, 0.25) is 10.0 Å². The van der Waals surface area contributed by atoms with Gasteiger partial charge >= 0.3 is 0 Å². The topological polar surface area (TPSA) is 70.5 Å². The van der Waals surface area contributed by atoms with Crippen LogP contribution >= 0.6 is 23.2 Å². The summed E-state index contributed by atoms with van der Waals surface area (Å²) in [4.78, 5) is 19.6. The van der Waals surface area contributed by atoms with Crippen LogP contribution in [0.15, 0.2) is 42.0 Å². The Morgan fingerprint density at radius 1 is 1.29 bits per heavy atom. The minimum atomic E-state index is -1.84. The number of nitrogens with one attached hydrogen (secondary N) is 1. The average Bonchev–Trinajstić information content (AvgIpc) is 2.85. The Bertz CT molecular complexity index is 813. The lowest BCUT2D eigenvalue weighted by molar-refractivity contribution is 0.0971. The number of amides is 1. The van der Waals surface area contributed by atoms with Crippen molar-refractivity contribution < 1.29 is 9.18 Å². The number of aromatic nitrogens is 2. The average molecular weight is 368 g/mol.